The highest BCUT2D eigenvalue weighted by atomic mass is 19.1. The summed E-state index contributed by atoms with van der Waals surface area (Å²) in [6.45, 7) is 1.71. The molecule has 1 aromatic heterocycles. The van der Waals surface area contributed by atoms with E-state index in [1.54, 1.807) is 43.3 Å². The smallest absolute Gasteiger partial charge is 0.259 e. The Hall–Kier alpha value is -3.35. The number of hydrogen-bond acceptors (Lipinski definition) is 4. The van der Waals surface area contributed by atoms with Crippen molar-refractivity contribution in [2.24, 2.45) is 0 Å². The van der Waals surface area contributed by atoms with E-state index in [0.717, 1.165) is 0 Å². The van der Waals surface area contributed by atoms with E-state index in [4.69, 9.17) is 9.47 Å². The molecule has 0 saturated carbocycles. The van der Waals surface area contributed by atoms with Crippen LogP contribution in [0, 0.1) is 12.7 Å². The summed E-state index contributed by atoms with van der Waals surface area (Å²) in [5, 5.41) is 6.93. The molecule has 0 atom stereocenters. The highest BCUT2D eigenvalue weighted by molar-refractivity contribution is 6.05. The molecule has 0 radical (unpaired) electrons. The van der Waals surface area contributed by atoms with Crippen LogP contribution in [0.3, 0.4) is 0 Å². The maximum absolute atomic E-state index is 14.0. The number of ether oxygens (including phenoxy) is 2. The molecule has 0 aliphatic heterocycles. The van der Waals surface area contributed by atoms with Gasteiger partial charge in [0.15, 0.2) is 0 Å². The van der Waals surface area contributed by atoms with E-state index in [0.29, 0.717) is 28.4 Å². The molecule has 0 spiro atoms. The zero-order chi connectivity index (χ0) is 18.7. The van der Waals surface area contributed by atoms with E-state index in [2.05, 4.69) is 10.4 Å². The number of halogens is 1. The Morgan fingerprint density at radius 1 is 1.15 bits per heavy atom. The fourth-order valence-corrected chi connectivity index (χ4v) is 2.60. The fourth-order valence-electron chi connectivity index (χ4n) is 2.60. The van der Waals surface area contributed by atoms with Crippen molar-refractivity contribution in [1.82, 2.24) is 9.78 Å². The number of benzene rings is 2. The van der Waals surface area contributed by atoms with Crippen molar-refractivity contribution in [3.63, 3.8) is 0 Å². The lowest BCUT2D eigenvalue weighted by Crippen LogP contribution is -2.14. The van der Waals surface area contributed by atoms with Gasteiger partial charge in [-0.25, -0.2) is 9.07 Å². The molecule has 134 valence electrons. The van der Waals surface area contributed by atoms with Crippen molar-refractivity contribution in [3.05, 3.63) is 65.7 Å². The van der Waals surface area contributed by atoms with Gasteiger partial charge in [-0.2, -0.15) is 5.10 Å². The molecule has 26 heavy (non-hydrogen) atoms. The largest absolute Gasteiger partial charge is 0.497 e. The van der Waals surface area contributed by atoms with Gasteiger partial charge in [0.2, 0.25) is 0 Å². The van der Waals surface area contributed by atoms with Gasteiger partial charge in [0.25, 0.3) is 5.91 Å². The van der Waals surface area contributed by atoms with E-state index >= 15 is 0 Å². The van der Waals surface area contributed by atoms with Crippen LogP contribution in [-0.2, 0) is 0 Å². The van der Waals surface area contributed by atoms with E-state index in [-0.39, 0.29) is 11.6 Å². The van der Waals surface area contributed by atoms with Crippen molar-refractivity contribution in [2.75, 3.05) is 19.5 Å². The summed E-state index contributed by atoms with van der Waals surface area (Å²) < 4.78 is 25.8. The third-order valence-electron chi connectivity index (χ3n) is 3.99. The highest BCUT2D eigenvalue weighted by Gasteiger charge is 2.18. The van der Waals surface area contributed by atoms with Gasteiger partial charge in [-0.3, -0.25) is 4.79 Å². The van der Waals surface area contributed by atoms with Crippen LogP contribution in [0.15, 0.2) is 48.7 Å². The number of rotatable bonds is 5. The van der Waals surface area contributed by atoms with Crippen molar-refractivity contribution in [1.29, 1.82) is 0 Å². The first-order chi connectivity index (χ1) is 12.5. The zero-order valence-electron chi connectivity index (χ0n) is 14.6. The molecule has 6 nitrogen and oxygen atoms in total. The van der Waals surface area contributed by atoms with Crippen LogP contribution in [0.1, 0.15) is 16.1 Å². The molecule has 0 aliphatic rings. The van der Waals surface area contributed by atoms with Crippen LogP contribution in [0.4, 0.5) is 10.1 Å². The Kier molecular flexibility index (Phi) is 4.88. The summed E-state index contributed by atoms with van der Waals surface area (Å²) in [4.78, 5) is 12.7. The summed E-state index contributed by atoms with van der Waals surface area (Å²) in [6.07, 6.45) is 1.41. The zero-order valence-corrected chi connectivity index (χ0v) is 14.6. The number of para-hydroxylation sites is 1. The van der Waals surface area contributed by atoms with Gasteiger partial charge in [0.1, 0.15) is 23.0 Å². The first kappa shape index (κ1) is 17.5. The van der Waals surface area contributed by atoms with Crippen LogP contribution < -0.4 is 14.8 Å². The average Bonchev–Trinajstić information content (AvgIpc) is 3.03. The Labute approximate surface area is 150 Å². The summed E-state index contributed by atoms with van der Waals surface area (Å²) in [7, 11) is 3.05. The van der Waals surface area contributed by atoms with Crippen molar-refractivity contribution in [3.8, 4) is 17.2 Å². The van der Waals surface area contributed by atoms with Gasteiger partial charge in [-0.15, -0.1) is 0 Å². The molecular weight excluding hydrogens is 337 g/mol. The molecule has 2 aromatic carbocycles. The molecule has 0 fully saturated rings. The van der Waals surface area contributed by atoms with Crippen LogP contribution in [0.5, 0.6) is 11.5 Å². The number of hydrogen-bond donors (Lipinski definition) is 1. The van der Waals surface area contributed by atoms with Gasteiger partial charge in [0.05, 0.1) is 37.4 Å². The third-order valence-corrected chi connectivity index (χ3v) is 3.99. The second-order valence-corrected chi connectivity index (χ2v) is 5.53. The number of aromatic nitrogens is 2. The van der Waals surface area contributed by atoms with Gasteiger partial charge in [-0.05, 0) is 31.2 Å². The minimum atomic E-state index is -0.417. The molecule has 1 N–H and O–H groups in total. The standard InChI is InChI=1S/C19H18FN3O3/c1-12-14(11-21-23(12)17-7-5-4-6-15(17)20)19(24)22-16-10-13(25-2)8-9-18(16)26-3/h4-11H,1-3H3,(H,22,24). The Morgan fingerprint density at radius 3 is 2.62 bits per heavy atom. The molecule has 1 amide bonds. The van der Waals surface area contributed by atoms with Crippen LogP contribution in [0.25, 0.3) is 5.69 Å². The lowest BCUT2D eigenvalue weighted by atomic mass is 10.2. The maximum Gasteiger partial charge on any atom is 0.259 e. The van der Waals surface area contributed by atoms with Gasteiger partial charge < -0.3 is 14.8 Å². The number of nitrogens with zero attached hydrogens (tertiary/aromatic N) is 2. The highest BCUT2D eigenvalue weighted by Crippen LogP contribution is 2.29. The minimum absolute atomic E-state index is 0.281. The van der Waals surface area contributed by atoms with Crippen molar-refractivity contribution in [2.45, 2.75) is 6.92 Å². The third kappa shape index (κ3) is 3.23. The first-order valence-corrected chi connectivity index (χ1v) is 7.88. The molecule has 3 aromatic rings. The number of amides is 1. The summed E-state index contributed by atoms with van der Waals surface area (Å²) in [6, 6.07) is 11.3. The van der Waals surface area contributed by atoms with Crippen molar-refractivity contribution >= 4 is 11.6 Å². The topological polar surface area (TPSA) is 65.4 Å². The van der Waals surface area contributed by atoms with E-state index in [1.165, 1.54) is 31.2 Å². The average molecular weight is 355 g/mol. The van der Waals surface area contributed by atoms with Gasteiger partial charge in [-0.1, -0.05) is 12.1 Å². The molecule has 0 unspecified atom stereocenters. The predicted octanol–water partition coefficient (Wildman–Crippen LogP) is 3.59. The Morgan fingerprint density at radius 2 is 1.92 bits per heavy atom. The van der Waals surface area contributed by atoms with E-state index < -0.39 is 5.82 Å². The Balaban J connectivity index is 1.92. The van der Waals surface area contributed by atoms with E-state index in [1.807, 2.05) is 0 Å². The number of anilines is 1. The molecule has 1 heterocycles. The SMILES string of the molecule is COc1ccc(OC)c(NC(=O)c2cnn(-c3ccccc3F)c2C)c1. The number of carbonyl (C=O) groups excluding carboxylic acids is 1. The maximum atomic E-state index is 14.0. The first-order valence-electron chi connectivity index (χ1n) is 7.88. The predicted molar refractivity (Wildman–Crippen MR) is 95.8 cm³/mol. The van der Waals surface area contributed by atoms with Gasteiger partial charge >= 0.3 is 0 Å². The van der Waals surface area contributed by atoms with Crippen LogP contribution in [-0.4, -0.2) is 29.9 Å². The van der Waals surface area contributed by atoms with Gasteiger partial charge in [0, 0.05) is 6.07 Å². The summed E-state index contributed by atoms with van der Waals surface area (Å²) >= 11 is 0. The monoisotopic (exact) mass is 355 g/mol. The Bertz CT molecular complexity index is 953. The quantitative estimate of drug-likeness (QED) is 0.760. The number of nitrogens with one attached hydrogen (secondary N) is 1. The lowest BCUT2D eigenvalue weighted by molar-refractivity contribution is 0.102. The molecule has 0 bridgehead atoms. The molecular formula is C19H18FN3O3. The summed E-state index contributed by atoms with van der Waals surface area (Å²) in [5.41, 5.74) is 1.60. The second-order valence-electron chi connectivity index (χ2n) is 5.53. The van der Waals surface area contributed by atoms with Crippen LogP contribution in [0.2, 0.25) is 0 Å². The fraction of sp³-hybridized carbons (Fsp3) is 0.158. The molecule has 3 rings (SSSR count). The normalized spacial score (nSPS) is 10.5. The second kappa shape index (κ2) is 7.26. The number of carbonyl (C=O) groups is 1. The number of methoxy groups -OCH3 is 2. The van der Waals surface area contributed by atoms with E-state index in [9.17, 15) is 9.18 Å². The molecule has 0 aliphatic carbocycles. The van der Waals surface area contributed by atoms with Crippen LogP contribution >= 0.6 is 0 Å². The lowest BCUT2D eigenvalue weighted by Gasteiger charge is -2.12. The molecule has 7 heteroatoms. The van der Waals surface area contributed by atoms with Crippen molar-refractivity contribution < 1.29 is 18.7 Å². The summed E-state index contributed by atoms with van der Waals surface area (Å²) in [5.74, 6) is 0.287. The minimum Gasteiger partial charge on any atom is -0.497 e. The molecule has 0 saturated heterocycles.